The topological polar surface area (TPSA) is 57.7 Å². The van der Waals surface area contributed by atoms with Crippen molar-refractivity contribution in [2.24, 2.45) is 0 Å². The number of carbonyl (C=O) groups excluding carboxylic acids is 1. The molecule has 20 heavy (non-hydrogen) atoms. The Morgan fingerprint density at radius 3 is 2.40 bits per heavy atom. The fraction of sp³-hybridized carbons (Fsp3) is 0.500. The average molecular weight is 298 g/mol. The quantitative estimate of drug-likeness (QED) is 0.805. The van der Waals surface area contributed by atoms with Gasteiger partial charge >= 0.3 is 0 Å². The molecule has 5 nitrogen and oxygen atoms in total. The molecule has 0 radical (unpaired) electrons. The minimum Gasteiger partial charge on any atom is -0.345 e. The van der Waals surface area contributed by atoms with Gasteiger partial charge in [-0.15, -0.1) is 0 Å². The smallest absolute Gasteiger partial charge is 0.253 e. The van der Waals surface area contributed by atoms with Gasteiger partial charge in [-0.1, -0.05) is 19.4 Å². The van der Waals surface area contributed by atoms with Crippen LogP contribution in [0.15, 0.2) is 29.2 Å². The number of unbranched alkanes of at least 4 members (excludes halogenated alkanes) is 1. The minimum absolute atomic E-state index is 0.156. The van der Waals surface area contributed by atoms with Gasteiger partial charge in [0.1, 0.15) is 0 Å². The Morgan fingerprint density at radius 1 is 1.20 bits per heavy atom. The van der Waals surface area contributed by atoms with Crippen LogP contribution in [0, 0.1) is 0 Å². The predicted octanol–water partition coefficient (Wildman–Crippen LogP) is 1.81. The van der Waals surface area contributed by atoms with Gasteiger partial charge in [0.25, 0.3) is 5.91 Å². The lowest BCUT2D eigenvalue weighted by Gasteiger charge is -2.17. The number of rotatable bonds is 6. The first-order valence-corrected chi connectivity index (χ1v) is 8.02. The van der Waals surface area contributed by atoms with E-state index in [2.05, 4.69) is 0 Å². The van der Waals surface area contributed by atoms with Crippen LogP contribution in [-0.2, 0) is 10.0 Å². The summed E-state index contributed by atoms with van der Waals surface area (Å²) in [5, 5.41) is 0. The number of sulfonamides is 1. The molecule has 0 N–H and O–H groups in total. The first-order chi connectivity index (χ1) is 9.30. The molecule has 1 rings (SSSR count). The second kappa shape index (κ2) is 6.85. The minimum atomic E-state index is -3.53. The highest BCUT2D eigenvalue weighted by Crippen LogP contribution is 2.17. The van der Waals surface area contributed by atoms with Crippen LogP contribution in [0.3, 0.4) is 0 Å². The normalized spacial score (nSPS) is 11.7. The van der Waals surface area contributed by atoms with E-state index in [4.69, 9.17) is 0 Å². The van der Waals surface area contributed by atoms with Gasteiger partial charge in [-0.25, -0.2) is 12.7 Å². The van der Waals surface area contributed by atoms with Gasteiger partial charge in [-0.05, 0) is 24.6 Å². The number of benzene rings is 1. The van der Waals surface area contributed by atoms with Gasteiger partial charge in [0.15, 0.2) is 0 Å². The van der Waals surface area contributed by atoms with Crippen molar-refractivity contribution in [1.82, 2.24) is 9.21 Å². The fourth-order valence-corrected chi connectivity index (χ4v) is 2.98. The van der Waals surface area contributed by atoms with Crippen molar-refractivity contribution in [2.45, 2.75) is 24.7 Å². The summed E-state index contributed by atoms with van der Waals surface area (Å²) in [6.07, 6.45) is 1.74. The molecule has 1 aromatic rings. The molecule has 1 amide bonds. The largest absolute Gasteiger partial charge is 0.345 e. The first kappa shape index (κ1) is 16.7. The molecule has 6 heteroatoms. The maximum atomic E-state index is 12.4. The third-order valence-corrected chi connectivity index (χ3v) is 4.87. The average Bonchev–Trinajstić information content (AvgIpc) is 2.43. The van der Waals surface area contributed by atoms with Gasteiger partial charge in [0.05, 0.1) is 4.90 Å². The summed E-state index contributed by atoms with van der Waals surface area (Å²) in [5.41, 5.74) is 0.375. The summed E-state index contributed by atoms with van der Waals surface area (Å²) >= 11 is 0. The summed E-state index contributed by atoms with van der Waals surface area (Å²) in [7, 11) is 1.30. The fourth-order valence-electron chi connectivity index (χ4n) is 1.73. The van der Waals surface area contributed by atoms with Crippen LogP contribution in [-0.4, -0.2) is 51.2 Å². The molecule has 0 aliphatic heterocycles. The molecule has 0 aliphatic carbocycles. The standard InChI is InChI=1S/C14H22N2O3S/c1-5-6-10-16(4)20(18,19)13-9-7-8-12(11-13)14(17)15(2)3/h7-9,11H,5-6,10H2,1-4H3. The van der Waals surface area contributed by atoms with Crippen LogP contribution < -0.4 is 0 Å². The summed E-state index contributed by atoms with van der Waals surface area (Å²) < 4.78 is 26.1. The third-order valence-electron chi connectivity index (χ3n) is 3.02. The van der Waals surface area contributed by atoms with Gasteiger partial charge in [0.2, 0.25) is 10.0 Å². The number of carbonyl (C=O) groups is 1. The molecule has 0 heterocycles. The molecule has 0 saturated heterocycles. The maximum Gasteiger partial charge on any atom is 0.253 e. The Kier molecular flexibility index (Phi) is 5.71. The highest BCUT2D eigenvalue weighted by molar-refractivity contribution is 7.89. The van der Waals surface area contributed by atoms with Crippen molar-refractivity contribution in [3.05, 3.63) is 29.8 Å². The molecular formula is C14H22N2O3S. The van der Waals surface area contributed by atoms with E-state index in [1.807, 2.05) is 6.92 Å². The van der Waals surface area contributed by atoms with Crippen molar-refractivity contribution in [2.75, 3.05) is 27.7 Å². The number of nitrogens with zero attached hydrogens (tertiary/aromatic N) is 2. The molecule has 0 unspecified atom stereocenters. The summed E-state index contributed by atoms with van der Waals surface area (Å²) in [5.74, 6) is -0.210. The van der Waals surface area contributed by atoms with Crippen molar-refractivity contribution >= 4 is 15.9 Å². The molecule has 0 bridgehead atoms. The second-order valence-corrected chi connectivity index (χ2v) is 6.95. The zero-order chi connectivity index (χ0) is 15.3. The highest BCUT2D eigenvalue weighted by Gasteiger charge is 2.21. The van der Waals surface area contributed by atoms with Crippen LogP contribution >= 0.6 is 0 Å². The maximum absolute atomic E-state index is 12.4. The van der Waals surface area contributed by atoms with Crippen LogP contribution in [0.25, 0.3) is 0 Å². The van der Waals surface area contributed by atoms with Gasteiger partial charge in [0, 0.05) is 33.3 Å². The monoisotopic (exact) mass is 298 g/mol. The molecule has 1 aromatic carbocycles. The van der Waals surface area contributed by atoms with Crippen molar-refractivity contribution in [1.29, 1.82) is 0 Å². The zero-order valence-corrected chi connectivity index (χ0v) is 13.3. The van der Waals surface area contributed by atoms with Gasteiger partial charge < -0.3 is 4.90 Å². The van der Waals surface area contributed by atoms with Crippen LogP contribution in [0.5, 0.6) is 0 Å². The van der Waals surface area contributed by atoms with E-state index in [1.165, 1.54) is 21.3 Å². The first-order valence-electron chi connectivity index (χ1n) is 6.58. The Balaban J connectivity index is 3.07. The van der Waals surface area contributed by atoms with E-state index in [9.17, 15) is 13.2 Å². The van der Waals surface area contributed by atoms with E-state index in [-0.39, 0.29) is 10.8 Å². The van der Waals surface area contributed by atoms with Crippen LogP contribution in [0.1, 0.15) is 30.1 Å². The van der Waals surface area contributed by atoms with Crippen LogP contribution in [0.2, 0.25) is 0 Å². The summed E-state index contributed by atoms with van der Waals surface area (Å²) in [6.45, 7) is 2.49. The number of hydrogen-bond donors (Lipinski definition) is 0. The number of hydrogen-bond acceptors (Lipinski definition) is 3. The van der Waals surface area contributed by atoms with E-state index in [0.29, 0.717) is 12.1 Å². The van der Waals surface area contributed by atoms with Crippen molar-refractivity contribution in [3.8, 4) is 0 Å². The Bertz CT molecular complexity index is 568. The van der Waals surface area contributed by atoms with Crippen molar-refractivity contribution in [3.63, 3.8) is 0 Å². The molecule has 0 spiro atoms. The van der Waals surface area contributed by atoms with Crippen molar-refractivity contribution < 1.29 is 13.2 Å². The van der Waals surface area contributed by atoms with Gasteiger partial charge in [-0.3, -0.25) is 4.79 Å². The Morgan fingerprint density at radius 2 is 1.85 bits per heavy atom. The SMILES string of the molecule is CCCCN(C)S(=O)(=O)c1cccc(C(=O)N(C)C)c1. The number of amides is 1. The Hall–Kier alpha value is -1.40. The molecule has 112 valence electrons. The molecule has 0 atom stereocenters. The lowest BCUT2D eigenvalue weighted by Crippen LogP contribution is -2.28. The Labute approximate surface area is 121 Å². The molecule has 0 aliphatic rings. The summed E-state index contributed by atoms with van der Waals surface area (Å²) in [6, 6.07) is 6.16. The van der Waals surface area contributed by atoms with E-state index in [0.717, 1.165) is 12.8 Å². The van der Waals surface area contributed by atoms with Gasteiger partial charge in [-0.2, -0.15) is 0 Å². The molecule has 0 aromatic heterocycles. The lowest BCUT2D eigenvalue weighted by atomic mass is 10.2. The third kappa shape index (κ3) is 3.80. The molecule has 0 saturated carbocycles. The van der Waals surface area contributed by atoms with E-state index < -0.39 is 10.0 Å². The lowest BCUT2D eigenvalue weighted by molar-refractivity contribution is 0.0827. The van der Waals surface area contributed by atoms with Crippen LogP contribution in [0.4, 0.5) is 0 Å². The van der Waals surface area contributed by atoms with E-state index in [1.54, 1.807) is 33.3 Å². The summed E-state index contributed by atoms with van der Waals surface area (Å²) in [4.78, 5) is 13.5. The molecule has 0 fully saturated rings. The van der Waals surface area contributed by atoms with E-state index >= 15 is 0 Å². The predicted molar refractivity (Wildman–Crippen MR) is 79.2 cm³/mol. The second-order valence-electron chi connectivity index (χ2n) is 4.91. The zero-order valence-electron chi connectivity index (χ0n) is 12.5. The molecular weight excluding hydrogens is 276 g/mol. The highest BCUT2D eigenvalue weighted by atomic mass is 32.2.